The van der Waals surface area contributed by atoms with E-state index in [0.717, 1.165) is 35.0 Å². The third kappa shape index (κ3) is 4.04. The number of rotatable bonds is 5. The zero-order valence-corrected chi connectivity index (χ0v) is 25.2. The van der Waals surface area contributed by atoms with Crippen molar-refractivity contribution in [1.82, 2.24) is 0 Å². The first-order chi connectivity index (χ1) is 22.8. The van der Waals surface area contributed by atoms with Crippen LogP contribution in [-0.2, 0) is 11.8 Å². The summed E-state index contributed by atoms with van der Waals surface area (Å²) in [4.78, 5) is 0. The van der Waals surface area contributed by atoms with E-state index in [1.165, 1.54) is 50.1 Å². The van der Waals surface area contributed by atoms with Crippen LogP contribution in [0.4, 0.5) is 0 Å². The Morgan fingerprint density at radius 1 is 0.435 bits per heavy atom. The molecule has 9 rings (SSSR count). The molecule has 0 radical (unpaired) electrons. The highest BCUT2D eigenvalue weighted by molar-refractivity contribution is 5.91. The van der Waals surface area contributed by atoms with E-state index in [9.17, 15) is 0 Å². The van der Waals surface area contributed by atoms with Gasteiger partial charge in [0.1, 0.15) is 0 Å². The van der Waals surface area contributed by atoms with E-state index in [1.54, 1.807) is 0 Å². The van der Waals surface area contributed by atoms with E-state index in [0.29, 0.717) is 0 Å². The van der Waals surface area contributed by atoms with Crippen LogP contribution in [0.3, 0.4) is 0 Å². The van der Waals surface area contributed by atoms with E-state index in [2.05, 4.69) is 164 Å². The first-order valence-electron chi connectivity index (χ1n) is 15.8. The molecule has 1 aliphatic carbocycles. The van der Waals surface area contributed by atoms with Crippen LogP contribution < -0.4 is 9.47 Å². The van der Waals surface area contributed by atoms with Gasteiger partial charge in [-0.2, -0.15) is 0 Å². The monoisotopic (exact) mass is 590 g/mol. The number of ether oxygens (including phenoxy) is 2. The first-order valence-corrected chi connectivity index (χ1v) is 15.8. The van der Waals surface area contributed by atoms with Crippen molar-refractivity contribution in [3.63, 3.8) is 0 Å². The van der Waals surface area contributed by atoms with Gasteiger partial charge in [0.15, 0.2) is 23.0 Å². The fraction of sp³-hybridized carbons (Fsp3) is 0.0455. The van der Waals surface area contributed by atoms with E-state index in [1.807, 2.05) is 6.07 Å². The minimum atomic E-state index is -0.490. The van der Waals surface area contributed by atoms with Crippen LogP contribution in [0, 0.1) is 0 Å². The van der Waals surface area contributed by atoms with Crippen LogP contribution in [0.1, 0.15) is 33.4 Å². The van der Waals surface area contributed by atoms with E-state index in [-0.39, 0.29) is 0 Å². The minimum Gasteiger partial charge on any atom is -0.449 e. The lowest BCUT2D eigenvalue weighted by Crippen LogP contribution is -2.28. The number of benzene rings is 7. The highest BCUT2D eigenvalue weighted by Gasteiger charge is 2.48. The normalized spacial score (nSPS) is 13.4. The predicted molar refractivity (Wildman–Crippen MR) is 185 cm³/mol. The molecule has 46 heavy (non-hydrogen) atoms. The molecule has 2 heteroatoms. The van der Waals surface area contributed by atoms with Gasteiger partial charge in [-0.3, -0.25) is 0 Å². The van der Waals surface area contributed by atoms with Crippen molar-refractivity contribution >= 4 is 0 Å². The highest BCUT2D eigenvalue weighted by atomic mass is 16.6. The summed E-state index contributed by atoms with van der Waals surface area (Å²) in [5, 5.41) is 0. The zero-order chi connectivity index (χ0) is 30.5. The van der Waals surface area contributed by atoms with Gasteiger partial charge in [-0.1, -0.05) is 152 Å². The van der Waals surface area contributed by atoms with Crippen molar-refractivity contribution < 1.29 is 9.47 Å². The Morgan fingerprint density at radius 3 is 1.78 bits per heavy atom. The number of hydrogen-bond acceptors (Lipinski definition) is 2. The molecule has 1 heterocycles. The smallest absolute Gasteiger partial charge is 0.178 e. The Kier molecular flexibility index (Phi) is 6.14. The zero-order valence-electron chi connectivity index (χ0n) is 25.2. The molecule has 0 unspecified atom stereocenters. The van der Waals surface area contributed by atoms with Crippen molar-refractivity contribution in [3.05, 3.63) is 203 Å². The van der Waals surface area contributed by atoms with Crippen molar-refractivity contribution in [1.29, 1.82) is 0 Å². The summed E-state index contributed by atoms with van der Waals surface area (Å²) in [6, 6.07) is 60.3. The lowest BCUT2D eigenvalue weighted by molar-refractivity contribution is 0.360. The Balaban J connectivity index is 1.18. The molecule has 218 valence electrons. The molecule has 2 aliphatic rings. The fourth-order valence-electron chi connectivity index (χ4n) is 7.51. The van der Waals surface area contributed by atoms with Gasteiger partial charge in [0, 0.05) is 5.56 Å². The maximum Gasteiger partial charge on any atom is 0.178 e. The van der Waals surface area contributed by atoms with Crippen molar-refractivity contribution in [2.45, 2.75) is 11.8 Å². The molecule has 2 nitrogen and oxygen atoms in total. The Bertz CT molecular complexity index is 2180. The van der Waals surface area contributed by atoms with Gasteiger partial charge in [-0.05, 0) is 74.7 Å². The Morgan fingerprint density at radius 2 is 1.04 bits per heavy atom. The molecule has 0 aromatic heterocycles. The van der Waals surface area contributed by atoms with Gasteiger partial charge in [-0.15, -0.1) is 0 Å². The molecule has 0 N–H and O–H groups in total. The highest BCUT2D eigenvalue weighted by Crippen LogP contribution is 2.62. The van der Waals surface area contributed by atoms with Gasteiger partial charge < -0.3 is 9.47 Å². The van der Waals surface area contributed by atoms with E-state index >= 15 is 0 Å². The average molecular weight is 591 g/mol. The summed E-state index contributed by atoms with van der Waals surface area (Å²) in [5.41, 5.74) is 11.6. The molecule has 0 fully saturated rings. The largest absolute Gasteiger partial charge is 0.449 e. The van der Waals surface area contributed by atoms with E-state index < -0.39 is 5.41 Å². The van der Waals surface area contributed by atoms with Gasteiger partial charge in [0.2, 0.25) is 0 Å². The summed E-state index contributed by atoms with van der Waals surface area (Å²) >= 11 is 0. The summed E-state index contributed by atoms with van der Waals surface area (Å²) in [7, 11) is 0. The van der Waals surface area contributed by atoms with E-state index in [4.69, 9.17) is 9.47 Å². The average Bonchev–Trinajstić information content (AvgIpc) is 3.44. The van der Waals surface area contributed by atoms with Crippen molar-refractivity contribution in [2.24, 2.45) is 0 Å². The standard InChI is InChI=1S/C44H30O2/c1-4-14-31(15-5-1)35-21-11-10-16-32(35)28-30-24-26-39-41(29-30)46-43-40(45-39)27-25-38-42(43)36-22-12-13-23-37(36)44(38,33-17-6-2-7-18-33)34-19-8-3-9-20-34/h1-27,29H,28H2. The molecular weight excluding hydrogens is 560 g/mol. The topological polar surface area (TPSA) is 18.5 Å². The third-order valence-corrected chi connectivity index (χ3v) is 9.48. The lowest BCUT2D eigenvalue weighted by Gasteiger charge is -2.34. The minimum absolute atomic E-state index is 0.490. The second-order valence-corrected chi connectivity index (χ2v) is 12.0. The molecular formula is C44H30O2. The fourth-order valence-corrected chi connectivity index (χ4v) is 7.51. The van der Waals surface area contributed by atoms with Crippen molar-refractivity contribution in [2.75, 3.05) is 0 Å². The van der Waals surface area contributed by atoms with Crippen LogP contribution in [0.2, 0.25) is 0 Å². The summed E-state index contributed by atoms with van der Waals surface area (Å²) in [5.74, 6) is 2.98. The van der Waals surface area contributed by atoms with Gasteiger partial charge >= 0.3 is 0 Å². The molecule has 0 bridgehead atoms. The van der Waals surface area contributed by atoms with Gasteiger partial charge in [0.05, 0.1) is 5.41 Å². The van der Waals surface area contributed by atoms with Crippen LogP contribution >= 0.6 is 0 Å². The summed E-state index contributed by atoms with van der Waals surface area (Å²) in [6.07, 6.45) is 0.787. The summed E-state index contributed by atoms with van der Waals surface area (Å²) < 4.78 is 13.5. The molecule has 0 saturated heterocycles. The number of hydrogen-bond donors (Lipinski definition) is 0. The Hall–Kier alpha value is -5.86. The second-order valence-electron chi connectivity index (χ2n) is 12.0. The number of fused-ring (bicyclic) bond motifs is 6. The molecule has 7 aromatic rings. The van der Waals surface area contributed by atoms with Crippen LogP contribution in [0.5, 0.6) is 23.0 Å². The van der Waals surface area contributed by atoms with Gasteiger partial charge in [-0.25, -0.2) is 0 Å². The molecule has 0 spiro atoms. The summed E-state index contributed by atoms with van der Waals surface area (Å²) in [6.45, 7) is 0. The first kappa shape index (κ1) is 26.5. The second kappa shape index (κ2) is 10.6. The van der Waals surface area contributed by atoms with Crippen molar-refractivity contribution in [3.8, 4) is 45.3 Å². The van der Waals surface area contributed by atoms with Crippen LogP contribution in [0.15, 0.2) is 170 Å². The molecule has 7 aromatic carbocycles. The third-order valence-electron chi connectivity index (χ3n) is 9.48. The quantitative estimate of drug-likeness (QED) is 0.198. The molecule has 0 saturated carbocycles. The van der Waals surface area contributed by atoms with Crippen LogP contribution in [-0.4, -0.2) is 0 Å². The molecule has 0 amide bonds. The maximum atomic E-state index is 6.91. The van der Waals surface area contributed by atoms with Crippen LogP contribution in [0.25, 0.3) is 22.3 Å². The maximum absolute atomic E-state index is 6.91. The predicted octanol–water partition coefficient (Wildman–Crippen LogP) is 11.2. The molecule has 0 atom stereocenters. The molecule has 1 aliphatic heterocycles. The Labute approximate surface area is 269 Å². The lowest BCUT2D eigenvalue weighted by atomic mass is 9.68. The van der Waals surface area contributed by atoms with Gasteiger partial charge in [0.25, 0.3) is 0 Å². The SMILES string of the molecule is c1ccc(-c2ccccc2Cc2ccc3c(c2)Oc2c(ccc4c2-c2ccccc2C4(c2ccccc2)c2ccccc2)O3)cc1.